The summed E-state index contributed by atoms with van der Waals surface area (Å²) in [5.74, 6) is -0.170. The fourth-order valence-corrected chi connectivity index (χ4v) is 2.94. The first-order valence-corrected chi connectivity index (χ1v) is 8.08. The van der Waals surface area contributed by atoms with Gasteiger partial charge in [0.25, 0.3) is 0 Å². The molecule has 1 heterocycles. The quantitative estimate of drug-likeness (QED) is 0.843. The van der Waals surface area contributed by atoms with E-state index in [4.69, 9.17) is 0 Å². The van der Waals surface area contributed by atoms with E-state index in [1.165, 1.54) is 6.07 Å². The first-order chi connectivity index (χ1) is 10.1. The average Bonchev–Trinajstić information content (AvgIpc) is 2.84. The molecule has 0 bridgehead atoms. The maximum atomic E-state index is 13.5. The zero-order valence-corrected chi connectivity index (χ0v) is 14.2. The van der Waals surface area contributed by atoms with Gasteiger partial charge in [0, 0.05) is 6.54 Å². The Labute approximate surface area is 133 Å². The highest BCUT2D eigenvalue weighted by atomic mass is 79.9. The zero-order chi connectivity index (χ0) is 15.4. The summed E-state index contributed by atoms with van der Waals surface area (Å²) >= 11 is 3.58. The lowest BCUT2D eigenvalue weighted by atomic mass is 10.0. The van der Waals surface area contributed by atoms with Crippen molar-refractivity contribution >= 4 is 15.9 Å². The van der Waals surface area contributed by atoms with Crippen molar-refractivity contribution in [3.8, 4) is 0 Å². The first-order valence-electron chi connectivity index (χ1n) is 7.29. The number of aromatic nitrogens is 2. The van der Waals surface area contributed by atoms with Crippen molar-refractivity contribution in [2.45, 2.75) is 39.8 Å². The Morgan fingerprint density at radius 2 is 2.14 bits per heavy atom. The maximum Gasteiger partial charge on any atom is 0.126 e. The number of aryl methyl sites for hydroxylation is 2. The van der Waals surface area contributed by atoms with Crippen LogP contribution in [0.3, 0.4) is 0 Å². The molecule has 1 N–H and O–H groups in total. The zero-order valence-electron chi connectivity index (χ0n) is 12.7. The van der Waals surface area contributed by atoms with Gasteiger partial charge in [-0.2, -0.15) is 5.10 Å². The Bertz CT molecular complexity index is 610. The molecule has 0 spiro atoms. The summed E-state index contributed by atoms with van der Waals surface area (Å²) in [6.45, 7) is 7.68. The van der Waals surface area contributed by atoms with Crippen molar-refractivity contribution in [1.82, 2.24) is 15.1 Å². The van der Waals surface area contributed by atoms with E-state index in [1.54, 1.807) is 6.92 Å². The highest BCUT2D eigenvalue weighted by Crippen LogP contribution is 2.29. The number of nitrogens with zero attached hydrogens (tertiary/aromatic N) is 2. The van der Waals surface area contributed by atoms with Crippen molar-refractivity contribution in [2.75, 3.05) is 6.54 Å². The van der Waals surface area contributed by atoms with Crippen LogP contribution in [0.1, 0.15) is 43.1 Å². The molecular weight excluding hydrogens is 333 g/mol. The lowest BCUT2D eigenvalue weighted by Gasteiger charge is -2.21. The fourth-order valence-electron chi connectivity index (χ4n) is 2.42. The second-order valence-corrected chi connectivity index (χ2v) is 5.94. The van der Waals surface area contributed by atoms with E-state index < -0.39 is 0 Å². The number of hydrogen-bond acceptors (Lipinski definition) is 2. The highest BCUT2D eigenvalue weighted by Gasteiger charge is 2.21. The molecule has 0 amide bonds. The molecule has 0 aliphatic rings. The van der Waals surface area contributed by atoms with Gasteiger partial charge >= 0.3 is 0 Å². The van der Waals surface area contributed by atoms with Gasteiger partial charge in [-0.15, -0.1) is 0 Å². The van der Waals surface area contributed by atoms with Crippen LogP contribution in [-0.4, -0.2) is 16.3 Å². The third kappa shape index (κ3) is 3.52. The Morgan fingerprint density at radius 3 is 2.76 bits per heavy atom. The molecular formula is C16H21BrFN3. The molecule has 1 atom stereocenters. The maximum absolute atomic E-state index is 13.5. The summed E-state index contributed by atoms with van der Waals surface area (Å²) < 4.78 is 16.5. The summed E-state index contributed by atoms with van der Waals surface area (Å²) in [5.41, 5.74) is 2.80. The van der Waals surface area contributed by atoms with Crippen LogP contribution in [0.4, 0.5) is 4.39 Å². The van der Waals surface area contributed by atoms with Gasteiger partial charge in [-0.25, -0.2) is 4.39 Å². The van der Waals surface area contributed by atoms with Gasteiger partial charge < -0.3 is 5.32 Å². The third-order valence-corrected chi connectivity index (χ3v) is 4.13. The molecule has 3 nitrogen and oxygen atoms in total. The Kier molecular flexibility index (Phi) is 5.53. The van der Waals surface area contributed by atoms with E-state index in [2.05, 4.69) is 40.2 Å². The van der Waals surface area contributed by atoms with Gasteiger partial charge in [0.2, 0.25) is 0 Å². The van der Waals surface area contributed by atoms with Gasteiger partial charge in [-0.05, 0) is 59.9 Å². The molecule has 21 heavy (non-hydrogen) atoms. The van der Waals surface area contributed by atoms with E-state index in [1.807, 2.05) is 23.0 Å². The van der Waals surface area contributed by atoms with Gasteiger partial charge in [0.1, 0.15) is 5.82 Å². The minimum absolute atomic E-state index is 0.000995. The van der Waals surface area contributed by atoms with Crippen molar-refractivity contribution in [1.29, 1.82) is 0 Å². The molecule has 2 aromatic rings. The number of benzene rings is 1. The SMILES string of the molecule is CCCNC(c1ccc(F)c(C)c1)c1c(Br)cnn1CC. The second-order valence-electron chi connectivity index (χ2n) is 5.09. The molecule has 0 saturated carbocycles. The van der Waals surface area contributed by atoms with E-state index in [0.29, 0.717) is 5.56 Å². The Hall–Kier alpha value is -1.20. The molecule has 0 saturated heterocycles. The van der Waals surface area contributed by atoms with Crippen molar-refractivity contribution in [3.63, 3.8) is 0 Å². The monoisotopic (exact) mass is 353 g/mol. The minimum Gasteiger partial charge on any atom is -0.305 e. The molecule has 1 aromatic heterocycles. The molecule has 0 aliphatic heterocycles. The van der Waals surface area contributed by atoms with Gasteiger partial charge in [-0.3, -0.25) is 4.68 Å². The Morgan fingerprint density at radius 1 is 1.38 bits per heavy atom. The van der Waals surface area contributed by atoms with E-state index >= 15 is 0 Å². The predicted molar refractivity (Wildman–Crippen MR) is 86.9 cm³/mol. The molecule has 0 aliphatic carbocycles. The lowest BCUT2D eigenvalue weighted by Crippen LogP contribution is -2.26. The number of nitrogens with one attached hydrogen (secondary N) is 1. The van der Waals surface area contributed by atoms with Gasteiger partial charge in [0.15, 0.2) is 0 Å². The molecule has 0 radical (unpaired) electrons. The smallest absolute Gasteiger partial charge is 0.126 e. The second kappa shape index (κ2) is 7.18. The number of hydrogen-bond donors (Lipinski definition) is 1. The summed E-state index contributed by atoms with van der Waals surface area (Å²) in [5, 5.41) is 7.92. The summed E-state index contributed by atoms with van der Waals surface area (Å²) in [7, 11) is 0. The summed E-state index contributed by atoms with van der Waals surface area (Å²) in [4.78, 5) is 0. The highest BCUT2D eigenvalue weighted by molar-refractivity contribution is 9.10. The van der Waals surface area contributed by atoms with Crippen molar-refractivity contribution in [3.05, 3.63) is 51.5 Å². The largest absolute Gasteiger partial charge is 0.305 e. The van der Waals surface area contributed by atoms with Crippen molar-refractivity contribution in [2.24, 2.45) is 0 Å². The van der Waals surface area contributed by atoms with Crippen LogP contribution in [0.15, 0.2) is 28.9 Å². The van der Waals surface area contributed by atoms with Crippen LogP contribution in [0.2, 0.25) is 0 Å². The van der Waals surface area contributed by atoms with E-state index in [-0.39, 0.29) is 11.9 Å². The summed E-state index contributed by atoms with van der Waals surface area (Å²) in [6.07, 6.45) is 2.85. The van der Waals surface area contributed by atoms with Crippen LogP contribution >= 0.6 is 15.9 Å². The van der Waals surface area contributed by atoms with Crippen LogP contribution in [0.25, 0.3) is 0 Å². The fraction of sp³-hybridized carbons (Fsp3) is 0.438. The van der Waals surface area contributed by atoms with Crippen LogP contribution in [0.5, 0.6) is 0 Å². The Balaban J connectivity index is 2.46. The molecule has 1 unspecified atom stereocenters. The number of halogens is 2. The standard InChI is InChI=1S/C16H21BrFN3/c1-4-8-19-15(12-6-7-14(18)11(3)9-12)16-13(17)10-20-21(16)5-2/h6-7,9-10,15,19H,4-5,8H2,1-3H3. The molecule has 5 heteroatoms. The normalized spacial score (nSPS) is 12.6. The van der Waals surface area contributed by atoms with Crippen LogP contribution < -0.4 is 5.32 Å². The lowest BCUT2D eigenvalue weighted by molar-refractivity contribution is 0.526. The van der Waals surface area contributed by atoms with E-state index in [9.17, 15) is 4.39 Å². The molecule has 114 valence electrons. The van der Waals surface area contributed by atoms with Gasteiger partial charge in [0.05, 0.1) is 22.4 Å². The third-order valence-electron chi connectivity index (χ3n) is 3.52. The molecule has 1 aromatic carbocycles. The minimum atomic E-state index is -0.170. The summed E-state index contributed by atoms with van der Waals surface area (Å²) in [6, 6.07) is 5.28. The topological polar surface area (TPSA) is 29.9 Å². The van der Waals surface area contributed by atoms with Crippen LogP contribution in [0, 0.1) is 12.7 Å². The average molecular weight is 354 g/mol. The van der Waals surface area contributed by atoms with E-state index in [0.717, 1.165) is 35.2 Å². The molecule has 0 fully saturated rings. The molecule has 2 rings (SSSR count). The van der Waals surface area contributed by atoms with Crippen molar-refractivity contribution < 1.29 is 4.39 Å². The van der Waals surface area contributed by atoms with Gasteiger partial charge in [-0.1, -0.05) is 19.1 Å². The first kappa shape index (κ1) is 16.2. The number of rotatable bonds is 6. The van der Waals surface area contributed by atoms with Crippen LogP contribution in [-0.2, 0) is 6.54 Å². The predicted octanol–water partition coefficient (Wildman–Crippen LogP) is 4.20.